The maximum absolute atomic E-state index is 12.8. The number of nitrogens with one attached hydrogen (secondary N) is 1. The topological polar surface area (TPSA) is 97.0 Å². The van der Waals surface area contributed by atoms with Crippen LogP contribution in [0.4, 0.5) is 0 Å². The highest BCUT2D eigenvalue weighted by Crippen LogP contribution is 2.29. The molecule has 0 saturated carbocycles. The number of hydrazone groups is 1. The second-order valence-corrected chi connectivity index (χ2v) is 7.92. The summed E-state index contributed by atoms with van der Waals surface area (Å²) in [5.74, 6) is 6.04. The molecular formula is C24H16BrN5O. The molecule has 5 rings (SSSR count). The van der Waals surface area contributed by atoms with Gasteiger partial charge in [-0.15, -0.1) is 0 Å². The number of benzene rings is 3. The van der Waals surface area contributed by atoms with Crippen molar-refractivity contribution in [3.63, 3.8) is 0 Å². The van der Waals surface area contributed by atoms with Gasteiger partial charge in [-0.05, 0) is 35.7 Å². The highest BCUT2D eigenvalue weighted by Gasteiger charge is 2.19. The van der Waals surface area contributed by atoms with Crippen LogP contribution in [0.1, 0.15) is 11.4 Å². The second kappa shape index (κ2) is 7.77. The molecule has 7 heteroatoms. The highest BCUT2D eigenvalue weighted by atomic mass is 79.9. The first kappa shape index (κ1) is 19.1. The quantitative estimate of drug-likeness (QED) is 0.229. The van der Waals surface area contributed by atoms with Crippen molar-refractivity contribution in [1.29, 1.82) is 0 Å². The van der Waals surface area contributed by atoms with Gasteiger partial charge in [-0.3, -0.25) is 4.79 Å². The lowest BCUT2D eigenvalue weighted by Gasteiger charge is -2.11. The average molecular weight is 470 g/mol. The average Bonchev–Trinajstić information content (AvgIpc) is 2.80. The Hall–Kier alpha value is -3.84. The molecule has 0 fully saturated rings. The van der Waals surface area contributed by atoms with Crippen LogP contribution in [0.15, 0.2) is 93.2 Å². The molecule has 5 aromatic rings. The number of hydrogen-bond donors (Lipinski definition) is 2. The van der Waals surface area contributed by atoms with E-state index in [-0.39, 0.29) is 17.1 Å². The molecule has 0 saturated heterocycles. The number of pyridine rings is 1. The molecule has 0 aliphatic carbocycles. The summed E-state index contributed by atoms with van der Waals surface area (Å²) in [7, 11) is 0. The lowest BCUT2D eigenvalue weighted by molar-refractivity contribution is 1.14. The Morgan fingerprint density at radius 3 is 2.52 bits per heavy atom. The minimum atomic E-state index is -0.302. The number of para-hydroxylation sites is 1. The van der Waals surface area contributed by atoms with Crippen LogP contribution in [0.25, 0.3) is 33.1 Å². The maximum atomic E-state index is 12.8. The van der Waals surface area contributed by atoms with Gasteiger partial charge in [0, 0.05) is 20.9 Å². The number of fused-ring (bicyclic) bond motifs is 2. The summed E-state index contributed by atoms with van der Waals surface area (Å²) < 4.78 is 0.923. The molecule has 0 aliphatic heterocycles. The first-order chi connectivity index (χ1) is 15.1. The first-order valence-electron chi connectivity index (χ1n) is 9.57. The number of nitrogens with zero attached hydrogens (tertiary/aromatic N) is 3. The molecule has 0 aliphatic rings. The predicted octanol–water partition coefficient (Wildman–Crippen LogP) is 4.61. The molecule has 3 N–H and O–H groups in total. The fourth-order valence-electron chi connectivity index (χ4n) is 3.59. The SMILES string of the molecule is N/N=C(/c1nc(-c2ccccc2)c2cc(Br)ccc2n1)c1cc2ccccc2[nH]c1=O. The van der Waals surface area contributed by atoms with Gasteiger partial charge in [0.2, 0.25) is 0 Å². The Morgan fingerprint density at radius 2 is 1.71 bits per heavy atom. The Bertz CT molecular complexity index is 1530. The van der Waals surface area contributed by atoms with E-state index < -0.39 is 0 Å². The van der Waals surface area contributed by atoms with Crippen LogP contribution < -0.4 is 11.4 Å². The van der Waals surface area contributed by atoms with Crippen LogP contribution in [0, 0.1) is 0 Å². The summed E-state index contributed by atoms with van der Waals surface area (Å²) in [6.07, 6.45) is 0. The van der Waals surface area contributed by atoms with Crippen LogP contribution >= 0.6 is 15.9 Å². The zero-order valence-electron chi connectivity index (χ0n) is 16.2. The molecule has 0 amide bonds. The highest BCUT2D eigenvalue weighted by molar-refractivity contribution is 9.10. The van der Waals surface area contributed by atoms with Gasteiger partial charge in [0.15, 0.2) is 5.82 Å². The van der Waals surface area contributed by atoms with E-state index in [0.29, 0.717) is 5.56 Å². The van der Waals surface area contributed by atoms with Gasteiger partial charge in [0.05, 0.1) is 16.8 Å². The summed E-state index contributed by atoms with van der Waals surface area (Å²) in [6, 6.07) is 24.9. The number of hydrogen-bond acceptors (Lipinski definition) is 5. The van der Waals surface area contributed by atoms with Crippen molar-refractivity contribution in [2.45, 2.75) is 0 Å². The van der Waals surface area contributed by atoms with E-state index >= 15 is 0 Å². The van der Waals surface area contributed by atoms with Crippen LogP contribution in [0.2, 0.25) is 0 Å². The first-order valence-corrected chi connectivity index (χ1v) is 10.4. The van der Waals surface area contributed by atoms with Gasteiger partial charge >= 0.3 is 0 Å². The van der Waals surface area contributed by atoms with Gasteiger partial charge in [0.1, 0.15) is 5.71 Å². The van der Waals surface area contributed by atoms with Gasteiger partial charge in [-0.25, -0.2) is 9.97 Å². The second-order valence-electron chi connectivity index (χ2n) is 7.00. The number of H-pyrrole nitrogens is 1. The predicted molar refractivity (Wildman–Crippen MR) is 127 cm³/mol. The van der Waals surface area contributed by atoms with Gasteiger partial charge < -0.3 is 10.8 Å². The van der Waals surface area contributed by atoms with Crippen LogP contribution in [-0.2, 0) is 0 Å². The largest absolute Gasteiger partial charge is 0.323 e. The summed E-state index contributed by atoms with van der Waals surface area (Å²) in [6.45, 7) is 0. The van der Waals surface area contributed by atoms with Crippen molar-refractivity contribution in [1.82, 2.24) is 15.0 Å². The van der Waals surface area contributed by atoms with Crippen molar-refractivity contribution in [3.05, 3.63) is 105 Å². The van der Waals surface area contributed by atoms with Crippen LogP contribution in [0.5, 0.6) is 0 Å². The third-order valence-corrected chi connectivity index (χ3v) is 5.55. The molecule has 0 spiro atoms. The van der Waals surface area contributed by atoms with Crippen LogP contribution in [0.3, 0.4) is 0 Å². The van der Waals surface area contributed by atoms with Gasteiger partial charge in [-0.2, -0.15) is 5.10 Å². The molecule has 0 bridgehead atoms. The zero-order valence-corrected chi connectivity index (χ0v) is 17.8. The summed E-state index contributed by atoms with van der Waals surface area (Å²) in [4.78, 5) is 25.2. The lowest BCUT2D eigenvalue weighted by Crippen LogP contribution is -2.22. The van der Waals surface area contributed by atoms with Crippen LogP contribution in [-0.4, -0.2) is 20.7 Å². The molecule has 2 heterocycles. The molecule has 6 nitrogen and oxygen atoms in total. The third kappa shape index (κ3) is 3.49. The summed E-state index contributed by atoms with van der Waals surface area (Å²) in [5, 5.41) is 5.67. The van der Waals surface area contributed by atoms with E-state index in [9.17, 15) is 4.79 Å². The molecule has 0 unspecified atom stereocenters. The Morgan fingerprint density at radius 1 is 0.935 bits per heavy atom. The number of nitrogens with two attached hydrogens (primary N) is 1. The Kier molecular flexibility index (Phi) is 4.80. The van der Waals surface area contributed by atoms with Gasteiger partial charge in [0.25, 0.3) is 5.56 Å². The minimum absolute atomic E-state index is 0.231. The fourth-order valence-corrected chi connectivity index (χ4v) is 3.95. The molecule has 3 aromatic carbocycles. The van der Waals surface area contributed by atoms with Crippen molar-refractivity contribution < 1.29 is 0 Å². The lowest BCUT2D eigenvalue weighted by atomic mass is 10.0. The van der Waals surface area contributed by atoms with Crippen molar-refractivity contribution in [2.24, 2.45) is 10.9 Å². The van der Waals surface area contributed by atoms with E-state index in [1.807, 2.05) is 72.8 Å². The zero-order chi connectivity index (χ0) is 21.4. The fraction of sp³-hybridized carbons (Fsp3) is 0. The standard InChI is InChI=1S/C24H16BrN5O/c25-16-10-11-20-17(13-16)21(14-6-2-1-3-7-14)29-23(27-20)22(30-26)18-12-15-8-4-5-9-19(15)28-24(18)31/h1-13H,26H2,(H,28,31)/b30-22+. The number of halogens is 1. The third-order valence-electron chi connectivity index (χ3n) is 5.05. The van der Waals surface area contributed by atoms with E-state index in [2.05, 4.69) is 31.0 Å². The monoisotopic (exact) mass is 469 g/mol. The van der Waals surface area contributed by atoms with Crippen molar-refractivity contribution in [2.75, 3.05) is 0 Å². The van der Waals surface area contributed by atoms with E-state index in [4.69, 9.17) is 10.8 Å². The van der Waals surface area contributed by atoms with Crippen molar-refractivity contribution >= 4 is 43.4 Å². The smallest absolute Gasteiger partial charge is 0.258 e. The van der Waals surface area contributed by atoms with E-state index in [1.54, 1.807) is 6.07 Å². The molecule has 0 atom stereocenters. The molecule has 150 valence electrons. The number of aromatic amines is 1. The number of rotatable bonds is 3. The Balaban J connectivity index is 1.77. The normalized spacial score (nSPS) is 11.8. The molecular weight excluding hydrogens is 454 g/mol. The molecule has 31 heavy (non-hydrogen) atoms. The van der Waals surface area contributed by atoms with E-state index in [0.717, 1.165) is 37.5 Å². The number of aromatic nitrogens is 3. The molecule has 2 aromatic heterocycles. The van der Waals surface area contributed by atoms with Crippen molar-refractivity contribution in [3.8, 4) is 11.3 Å². The summed E-state index contributed by atoms with van der Waals surface area (Å²) >= 11 is 3.52. The summed E-state index contributed by atoms with van der Waals surface area (Å²) in [5.41, 5.74) is 3.37. The maximum Gasteiger partial charge on any atom is 0.258 e. The molecule has 0 radical (unpaired) electrons. The Labute approximate surface area is 185 Å². The van der Waals surface area contributed by atoms with E-state index in [1.165, 1.54) is 0 Å². The minimum Gasteiger partial charge on any atom is -0.323 e. The van der Waals surface area contributed by atoms with Gasteiger partial charge in [-0.1, -0.05) is 64.5 Å².